The Morgan fingerprint density at radius 1 is 1.20 bits per heavy atom. The molecule has 0 bridgehead atoms. The number of nitro groups is 1. The van der Waals surface area contributed by atoms with Crippen LogP contribution in [-0.4, -0.2) is 35.2 Å². The second kappa shape index (κ2) is 8.32. The van der Waals surface area contributed by atoms with Crippen molar-refractivity contribution in [3.63, 3.8) is 0 Å². The third-order valence-electron chi connectivity index (χ3n) is 4.64. The summed E-state index contributed by atoms with van der Waals surface area (Å²) in [7, 11) is 0. The second-order valence-corrected chi connectivity index (χ2v) is 7.30. The molecule has 2 aromatic rings. The number of non-ortho nitro benzene ring substituents is 1. The van der Waals surface area contributed by atoms with Crippen molar-refractivity contribution in [2.75, 3.05) is 16.8 Å². The van der Waals surface area contributed by atoms with E-state index in [0.717, 1.165) is 0 Å². The molecule has 1 N–H and O–H groups in total. The van der Waals surface area contributed by atoms with Crippen molar-refractivity contribution in [2.24, 2.45) is 5.92 Å². The van der Waals surface area contributed by atoms with Gasteiger partial charge in [0.1, 0.15) is 5.75 Å². The van der Waals surface area contributed by atoms with Gasteiger partial charge in [-0.2, -0.15) is 0 Å². The molecule has 9 nitrogen and oxygen atoms in total. The van der Waals surface area contributed by atoms with Crippen LogP contribution in [0.3, 0.4) is 0 Å². The van der Waals surface area contributed by atoms with E-state index in [4.69, 9.17) is 4.74 Å². The van der Waals surface area contributed by atoms with Crippen molar-refractivity contribution >= 4 is 34.7 Å². The van der Waals surface area contributed by atoms with E-state index < -0.39 is 16.9 Å². The molecule has 2 amide bonds. The molecule has 0 radical (unpaired) electrons. The number of rotatable bonds is 6. The summed E-state index contributed by atoms with van der Waals surface area (Å²) in [5, 5.41) is 13.8. The number of anilines is 2. The van der Waals surface area contributed by atoms with Gasteiger partial charge in [-0.1, -0.05) is 13.8 Å². The number of amides is 2. The Morgan fingerprint density at radius 2 is 1.87 bits per heavy atom. The van der Waals surface area contributed by atoms with Crippen LogP contribution in [0.5, 0.6) is 5.75 Å². The minimum absolute atomic E-state index is 0.157. The maximum absolute atomic E-state index is 13.0. The van der Waals surface area contributed by atoms with Gasteiger partial charge in [-0.25, -0.2) is 0 Å². The Hall–Kier alpha value is -3.75. The summed E-state index contributed by atoms with van der Waals surface area (Å²) in [6.07, 6.45) is -0.797. The number of benzene rings is 2. The number of ether oxygens (including phenoxy) is 1. The highest BCUT2D eigenvalue weighted by Crippen LogP contribution is 2.38. The summed E-state index contributed by atoms with van der Waals surface area (Å²) in [5.41, 5.74) is 0.874. The highest BCUT2D eigenvalue weighted by Gasteiger charge is 2.38. The van der Waals surface area contributed by atoms with Gasteiger partial charge in [0.25, 0.3) is 11.6 Å². The predicted molar refractivity (Wildman–Crippen MR) is 110 cm³/mol. The fraction of sp³-hybridized carbons (Fsp3) is 0.286. The Bertz CT molecular complexity index is 1020. The van der Waals surface area contributed by atoms with Crippen molar-refractivity contribution in [1.82, 2.24) is 0 Å². The first-order chi connectivity index (χ1) is 14.2. The minimum atomic E-state index is -0.797. The SMILES string of the molecule is CC(=O)Nc1ccc(C(=O)CN2C(=O)C(C(C)C)Oc3ccc([N+](=O)[O-])cc32)cc1. The Balaban J connectivity index is 1.92. The average Bonchev–Trinajstić information content (AvgIpc) is 2.69. The molecule has 0 aromatic heterocycles. The molecule has 0 saturated heterocycles. The number of fused-ring (bicyclic) bond motifs is 1. The highest BCUT2D eigenvalue weighted by atomic mass is 16.6. The average molecular weight is 411 g/mol. The van der Waals surface area contributed by atoms with E-state index >= 15 is 0 Å². The van der Waals surface area contributed by atoms with Gasteiger partial charge in [-0.3, -0.25) is 29.4 Å². The van der Waals surface area contributed by atoms with Crippen LogP contribution in [0.2, 0.25) is 0 Å². The van der Waals surface area contributed by atoms with E-state index in [9.17, 15) is 24.5 Å². The van der Waals surface area contributed by atoms with E-state index in [1.54, 1.807) is 24.3 Å². The zero-order valence-corrected chi connectivity index (χ0v) is 16.7. The molecule has 30 heavy (non-hydrogen) atoms. The Labute approximate surface area is 172 Å². The van der Waals surface area contributed by atoms with Crippen LogP contribution < -0.4 is 15.0 Å². The maximum atomic E-state index is 13.0. The lowest BCUT2D eigenvalue weighted by Crippen LogP contribution is -2.50. The molecular formula is C21H21N3O6. The first-order valence-electron chi connectivity index (χ1n) is 9.34. The number of carbonyl (C=O) groups is 3. The lowest BCUT2D eigenvalue weighted by molar-refractivity contribution is -0.384. The van der Waals surface area contributed by atoms with Crippen molar-refractivity contribution < 1.29 is 24.0 Å². The summed E-state index contributed by atoms with van der Waals surface area (Å²) in [6.45, 7) is 4.73. The third kappa shape index (κ3) is 4.29. The molecule has 1 aliphatic heterocycles. The topological polar surface area (TPSA) is 119 Å². The molecule has 1 unspecified atom stereocenters. The summed E-state index contributed by atoms with van der Waals surface area (Å²) in [5.74, 6) is -0.852. The largest absolute Gasteiger partial charge is 0.478 e. The summed E-state index contributed by atoms with van der Waals surface area (Å²) < 4.78 is 5.75. The van der Waals surface area contributed by atoms with Crippen molar-refractivity contribution in [1.29, 1.82) is 0 Å². The Kier molecular flexibility index (Phi) is 5.81. The van der Waals surface area contributed by atoms with E-state index in [-0.39, 0.29) is 35.5 Å². The maximum Gasteiger partial charge on any atom is 0.271 e. The standard InChI is InChI=1S/C21H21N3O6/c1-12(2)20-21(27)23(17-10-16(24(28)29)8-9-19(17)30-20)11-18(26)14-4-6-15(7-5-14)22-13(3)25/h4-10,12,20H,11H2,1-3H3,(H,22,25). The van der Waals surface area contributed by atoms with Gasteiger partial charge in [0.15, 0.2) is 11.9 Å². The van der Waals surface area contributed by atoms with Crippen molar-refractivity contribution in [3.05, 3.63) is 58.1 Å². The van der Waals surface area contributed by atoms with Crippen molar-refractivity contribution in [3.8, 4) is 5.75 Å². The van der Waals surface area contributed by atoms with E-state index in [1.165, 1.54) is 30.0 Å². The number of nitrogens with zero attached hydrogens (tertiary/aromatic N) is 2. The number of nitro benzene ring substituents is 1. The minimum Gasteiger partial charge on any atom is -0.478 e. The molecule has 2 aromatic carbocycles. The number of hydrogen-bond acceptors (Lipinski definition) is 6. The fourth-order valence-electron chi connectivity index (χ4n) is 3.15. The number of hydrogen-bond donors (Lipinski definition) is 1. The van der Waals surface area contributed by atoms with Gasteiger partial charge in [-0.05, 0) is 36.2 Å². The number of ketones is 1. The van der Waals surface area contributed by atoms with Crippen LogP contribution >= 0.6 is 0 Å². The van der Waals surface area contributed by atoms with Gasteiger partial charge in [-0.15, -0.1) is 0 Å². The van der Waals surface area contributed by atoms with E-state index in [2.05, 4.69) is 5.32 Å². The first-order valence-corrected chi connectivity index (χ1v) is 9.34. The van der Waals surface area contributed by atoms with E-state index in [1.807, 2.05) is 13.8 Å². The highest BCUT2D eigenvalue weighted by molar-refractivity contribution is 6.08. The number of Topliss-reactive ketones (excluding diaryl/α,β-unsaturated/α-hetero) is 1. The molecule has 0 spiro atoms. The smallest absolute Gasteiger partial charge is 0.271 e. The van der Waals surface area contributed by atoms with Gasteiger partial charge in [0.2, 0.25) is 5.91 Å². The molecule has 0 fully saturated rings. The number of carbonyl (C=O) groups excluding carboxylic acids is 3. The van der Waals surface area contributed by atoms with Crippen molar-refractivity contribution in [2.45, 2.75) is 26.9 Å². The van der Waals surface area contributed by atoms with Crippen LogP contribution in [0.4, 0.5) is 17.1 Å². The van der Waals surface area contributed by atoms with Crippen LogP contribution in [-0.2, 0) is 9.59 Å². The van der Waals surface area contributed by atoms with Crippen LogP contribution in [0.25, 0.3) is 0 Å². The molecule has 9 heteroatoms. The number of nitrogens with one attached hydrogen (secondary N) is 1. The predicted octanol–water partition coefficient (Wildman–Crippen LogP) is 3.19. The van der Waals surface area contributed by atoms with Gasteiger partial charge in [0.05, 0.1) is 17.2 Å². The molecular weight excluding hydrogens is 390 g/mol. The molecule has 156 valence electrons. The molecule has 1 atom stereocenters. The zero-order chi connectivity index (χ0) is 22.0. The summed E-state index contributed by atoms with van der Waals surface area (Å²) >= 11 is 0. The van der Waals surface area contributed by atoms with Gasteiger partial charge in [0, 0.05) is 30.3 Å². The zero-order valence-electron chi connectivity index (χ0n) is 16.7. The van der Waals surface area contributed by atoms with E-state index in [0.29, 0.717) is 17.0 Å². The monoisotopic (exact) mass is 411 g/mol. The lowest BCUT2D eigenvalue weighted by Gasteiger charge is -2.35. The molecule has 1 heterocycles. The molecule has 0 aliphatic carbocycles. The first kappa shape index (κ1) is 21.0. The molecule has 0 saturated carbocycles. The van der Waals surface area contributed by atoms with Crippen LogP contribution in [0.1, 0.15) is 31.1 Å². The van der Waals surface area contributed by atoms with Gasteiger partial charge < -0.3 is 10.1 Å². The summed E-state index contributed by atoms with van der Waals surface area (Å²) in [4.78, 5) is 48.8. The quantitative estimate of drug-likeness (QED) is 0.443. The lowest BCUT2D eigenvalue weighted by atomic mass is 10.0. The summed E-state index contributed by atoms with van der Waals surface area (Å²) in [6, 6.07) is 10.2. The molecule has 1 aliphatic rings. The second-order valence-electron chi connectivity index (χ2n) is 7.30. The third-order valence-corrected chi connectivity index (χ3v) is 4.64. The fourth-order valence-corrected chi connectivity index (χ4v) is 3.15. The normalized spacial score (nSPS) is 15.4. The molecule has 3 rings (SSSR count). The van der Waals surface area contributed by atoms with Gasteiger partial charge >= 0.3 is 0 Å². The Morgan fingerprint density at radius 3 is 2.43 bits per heavy atom. The van der Waals surface area contributed by atoms with Crippen LogP contribution in [0.15, 0.2) is 42.5 Å². The van der Waals surface area contributed by atoms with Crippen LogP contribution in [0, 0.1) is 16.0 Å².